The predicted octanol–water partition coefficient (Wildman–Crippen LogP) is 16.9. The van der Waals surface area contributed by atoms with E-state index in [2.05, 4.69) is 199 Å². The summed E-state index contributed by atoms with van der Waals surface area (Å²) in [6, 6.07) is 69.5. The minimum atomic E-state index is 0.567. The maximum Gasteiger partial charge on any atom is 0.166 e. The van der Waals surface area contributed by atoms with Crippen molar-refractivity contribution in [1.29, 1.82) is 0 Å². The Kier molecular flexibility index (Phi) is 7.47. The molecule has 306 valence electrons. The van der Waals surface area contributed by atoms with Crippen LogP contribution in [0.2, 0.25) is 0 Å². The van der Waals surface area contributed by atoms with Gasteiger partial charge in [0.15, 0.2) is 23.1 Å². The van der Waals surface area contributed by atoms with Gasteiger partial charge in [0.2, 0.25) is 0 Å². The lowest BCUT2D eigenvalue weighted by atomic mass is 10.0. The largest absolute Gasteiger partial charge is 0.453 e. The number of fused-ring (bicyclic) bond motifs is 15. The highest BCUT2D eigenvalue weighted by molar-refractivity contribution is 7.26. The van der Waals surface area contributed by atoms with Gasteiger partial charge in [0.25, 0.3) is 0 Å². The number of rotatable bonds is 4. The second-order valence-corrected chi connectivity index (χ2v) is 19.2. The van der Waals surface area contributed by atoms with Crippen LogP contribution in [0.5, 0.6) is 0 Å². The van der Waals surface area contributed by atoms with Gasteiger partial charge < -0.3 is 8.98 Å². The molecule has 0 spiro atoms. The third-order valence-electron chi connectivity index (χ3n) is 13.4. The molecule has 0 atom stereocenters. The molecule has 10 aromatic carbocycles. The van der Waals surface area contributed by atoms with Crippen LogP contribution >= 0.6 is 22.7 Å². The molecule has 0 saturated carbocycles. The van der Waals surface area contributed by atoms with Crippen molar-refractivity contribution in [2.75, 3.05) is 0 Å². The third-order valence-corrected chi connectivity index (χ3v) is 15.7. The molecule has 0 radical (unpaired) electrons. The summed E-state index contributed by atoms with van der Waals surface area (Å²) in [5.41, 5.74) is 7.45. The van der Waals surface area contributed by atoms with E-state index in [1.165, 1.54) is 35.0 Å². The van der Waals surface area contributed by atoms with Crippen molar-refractivity contribution in [1.82, 2.24) is 19.5 Å². The summed E-state index contributed by atoms with van der Waals surface area (Å²) in [6.07, 6.45) is 0. The van der Waals surface area contributed by atoms with Gasteiger partial charge in [-0.2, -0.15) is 0 Å². The number of para-hydroxylation sites is 1. The molecule has 0 bridgehead atoms. The van der Waals surface area contributed by atoms with E-state index in [1.807, 2.05) is 0 Å². The van der Waals surface area contributed by atoms with Gasteiger partial charge in [-0.3, -0.25) is 0 Å². The maximum absolute atomic E-state index is 7.30. The quantitative estimate of drug-likeness (QED) is 0.177. The topological polar surface area (TPSA) is 56.7 Å². The maximum atomic E-state index is 7.30. The van der Waals surface area contributed by atoms with Crippen molar-refractivity contribution < 1.29 is 4.42 Å². The molecule has 7 heteroatoms. The fourth-order valence-corrected chi connectivity index (χ4v) is 12.8. The Labute approximate surface area is 384 Å². The molecule has 0 unspecified atom stereocenters. The second-order valence-electron chi connectivity index (χ2n) is 17.0. The number of nitrogens with zero attached hydrogens (tertiary/aromatic N) is 4. The number of hydrogen-bond acceptors (Lipinski definition) is 6. The zero-order valence-corrected chi connectivity index (χ0v) is 36.6. The molecule has 15 aromatic rings. The van der Waals surface area contributed by atoms with Crippen molar-refractivity contribution >= 4 is 128 Å². The summed E-state index contributed by atoms with van der Waals surface area (Å²) in [4.78, 5) is 16.7. The highest BCUT2D eigenvalue weighted by Gasteiger charge is 2.26. The van der Waals surface area contributed by atoms with Crippen molar-refractivity contribution in [2.45, 2.75) is 0 Å². The lowest BCUT2D eigenvalue weighted by molar-refractivity contribution is 0.670. The molecule has 0 aliphatic heterocycles. The summed E-state index contributed by atoms with van der Waals surface area (Å²) in [6.45, 7) is 0. The minimum absolute atomic E-state index is 0.567. The zero-order chi connectivity index (χ0) is 43.0. The zero-order valence-electron chi connectivity index (χ0n) is 35.0. The number of aromatic nitrogens is 4. The van der Waals surface area contributed by atoms with Crippen LogP contribution in [0.25, 0.3) is 145 Å². The van der Waals surface area contributed by atoms with Gasteiger partial charge in [0.1, 0.15) is 11.3 Å². The molecule has 0 fully saturated rings. The normalized spacial score (nSPS) is 12.2. The number of benzene rings is 10. The smallest absolute Gasteiger partial charge is 0.166 e. The van der Waals surface area contributed by atoms with E-state index in [0.29, 0.717) is 17.5 Å². The molecular formula is C59H32N4OS2. The predicted molar refractivity (Wildman–Crippen MR) is 279 cm³/mol. The van der Waals surface area contributed by atoms with E-state index in [9.17, 15) is 0 Å². The van der Waals surface area contributed by atoms with Gasteiger partial charge in [-0.15, -0.1) is 22.7 Å². The fraction of sp³-hybridized carbons (Fsp3) is 0. The summed E-state index contributed by atoms with van der Waals surface area (Å²) in [5, 5.41) is 13.7. The minimum Gasteiger partial charge on any atom is -0.453 e. The number of hydrogen-bond donors (Lipinski definition) is 0. The van der Waals surface area contributed by atoms with Crippen molar-refractivity contribution in [3.05, 3.63) is 194 Å². The molecule has 66 heavy (non-hydrogen) atoms. The first-order valence-electron chi connectivity index (χ1n) is 22.1. The third kappa shape index (κ3) is 5.12. The van der Waals surface area contributed by atoms with E-state index in [1.54, 1.807) is 22.7 Å². The summed E-state index contributed by atoms with van der Waals surface area (Å²) in [5.74, 6) is 1.81. The van der Waals surface area contributed by atoms with Crippen LogP contribution < -0.4 is 0 Å². The van der Waals surface area contributed by atoms with E-state index in [-0.39, 0.29) is 0 Å². The lowest BCUT2D eigenvalue weighted by Crippen LogP contribution is -2.04. The molecular weight excluding hydrogens is 845 g/mol. The van der Waals surface area contributed by atoms with Gasteiger partial charge in [-0.05, 0) is 76.8 Å². The van der Waals surface area contributed by atoms with Crippen LogP contribution in [-0.2, 0) is 0 Å². The Balaban J connectivity index is 1.11. The van der Waals surface area contributed by atoms with Gasteiger partial charge in [-0.1, -0.05) is 133 Å². The fourth-order valence-electron chi connectivity index (χ4n) is 10.5. The van der Waals surface area contributed by atoms with Crippen molar-refractivity contribution in [2.24, 2.45) is 0 Å². The van der Waals surface area contributed by atoms with Crippen molar-refractivity contribution in [3.8, 4) is 39.9 Å². The highest BCUT2D eigenvalue weighted by atomic mass is 32.1. The molecule has 0 aliphatic rings. The molecule has 0 saturated heterocycles. The van der Waals surface area contributed by atoms with Crippen LogP contribution in [0.4, 0.5) is 0 Å². The molecule has 0 amide bonds. The first-order chi connectivity index (χ1) is 32.7. The Morgan fingerprint density at radius 3 is 1.53 bits per heavy atom. The van der Waals surface area contributed by atoms with Gasteiger partial charge in [-0.25, -0.2) is 15.0 Å². The van der Waals surface area contributed by atoms with E-state index >= 15 is 0 Å². The van der Waals surface area contributed by atoms with Crippen LogP contribution in [0.15, 0.2) is 199 Å². The van der Waals surface area contributed by atoms with E-state index < -0.39 is 0 Å². The standard InChI is InChI=1S/C59H32N4OS2/c1-2-15-35-32-47-45(31-34(35)14-1)37-17-5-8-22-46(37)63(47)54-44(30-29-39-38-28-27-33-13-3-4-16-36(33)55(38)64-56(39)54)59-61-57(42-20-11-25-50-52(42)40-18-6-9-23-48(40)65-50)60-58(62-59)43-21-12-26-51-53(43)41-19-7-10-24-49(41)66-51/h1-32H. The molecule has 0 N–H and O–H groups in total. The molecule has 5 aromatic heterocycles. The van der Waals surface area contributed by atoms with E-state index in [4.69, 9.17) is 19.4 Å². The van der Waals surface area contributed by atoms with Crippen LogP contribution in [0, 0.1) is 0 Å². The Morgan fingerprint density at radius 1 is 0.333 bits per heavy atom. The van der Waals surface area contributed by atoms with Crippen LogP contribution in [0.1, 0.15) is 0 Å². The van der Waals surface area contributed by atoms with Gasteiger partial charge >= 0.3 is 0 Å². The average molecular weight is 877 g/mol. The second kappa shape index (κ2) is 13.6. The Morgan fingerprint density at radius 2 is 0.848 bits per heavy atom. The molecule has 15 rings (SSSR count). The van der Waals surface area contributed by atoms with Gasteiger partial charge in [0.05, 0.1) is 11.0 Å². The Bertz CT molecular complexity index is 4420. The highest BCUT2D eigenvalue weighted by Crippen LogP contribution is 2.46. The SMILES string of the molecule is c1ccc2cc3c(cc2c1)c1ccccc1n3-c1c(-c2nc(-c3cccc4sc5ccccc5c34)nc(-c3cccc4sc5ccccc5c34)n2)ccc2c1oc1c3ccccc3ccc21. The monoisotopic (exact) mass is 876 g/mol. The number of furan rings is 1. The lowest BCUT2D eigenvalue weighted by Gasteiger charge is -2.16. The molecule has 5 heterocycles. The first kappa shape index (κ1) is 36.1. The molecule has 0 aliphatic carbocycles. The average Bonchev–Trinajstić information content (AvgIpc) is 4.14. The van der Waals surface area contributed by atoms with E-state index in [0.717, 1.165) is 93.1 Å². The molecule has 5 nitrogen and oxygen atoms in total. The van der Waals surface area contributed by atoms with Crippen LogP contribution in [0.3, 0.4) is 0 Å². The van der Waals surface area contributed by atoms with Crippen LogP contribution in [-0.4, -0.2) is 19.5 Å². The summed E-state index contributed by atoms with van der Waals surface area (Å²) >= 11 is 3.60. The van der Waals surface area contributed by atoms with Crippen molar-refractivity contribution in [3.63, 3.8) is 0 Å². The Hall–Kier alpha value is -8.23. The first-order valence-corrected chi connectivity index (χ1v) is 23.7. The number of thiophene rings is 2. The summed E-state index contributed by atoms with van der Waals surface area (Å²) < 4.78 is 14.5. The summed E-state index contributed by atoms with van der Waals surface area (Å²) in [7, 11) is 0. The van der Waals surface area contributed by atoms with Gasteiger partial charge in [0, 0.05) is 84.0 Å².